The molecular weight excluding hydrogens is 312 g/mol. The van der Waals surface area contributed by atoms with Crippen molar-refractivity contribution in [3.63, 3.8) is 0 Å². The summed E-state index contributed by atoms with van der Waals surface area (Å²) in [7, 11) is 5.91. The van der Waals surface area contributed by atoms with Gasteiger partial charge in [0, 0.05) is 54.6 Å². The minimum absolute atomic E-state index is 0.224. The molecule has 0 aliphatic heterocycles. The van der Waals surface area contributed by atoms with Crippen LogP contribution in [0.25, 0.3) is 10.9 Å². The van der Waals surface area contributed by atoms with E-state index in [1.54, 1.807) is 12.3 Å². The number of anilines is 1. The van der Waals surface area contributed by atoms with Crippen molar-refractivity contribution < 1.29 is 4.79 Å². The summed E-state index contributed by atoms with van der Waals surface area (Å²) in [6.45, 7) is 2.05. The fourth-order valence-electron chi connectivity index (χ4n) is 2.86. The molecule has 5 heteroatoms. The van der Waals surface area contributed by atoms with Gasteiger partial charge in [-0.15, -0.1) is 0 Å². The number of nitrogens with one attached hydrogen (secondary N) is 1. The minimum atomic E-state index is -0.224. The fraction of sp³-hybridized carbons (Fsp3) is 0.200. The van der Waals surface area contributed by atoms with E-state index in [1.165, 1.54) is 0 Å². The van der Waals surface area contributed by atoms with Crippen LogP contribution in [0.15, 0.2) is 53.6 Å². The van der Waals surface area contributed by atoms with E-state index >= 15 is 0 Å². The van der Waals surface area contributed by atoms with Crippen LogP contribution in [0.2, 0.25) is 0 Å². The smallest absolute Gasteiger partial charge is 0.271 e. The van der Waals surface area contributed by atoms with Gasteiger partial charge >= 0.3 is 0 Å². The molecular formula is C20H22N4O. The predicted octanol–water partition coefficient (Wildman–Crippen LogP) is 3.32. The van der Waals surface area contributed by atoms with Crippen LogP contribution in [0, 0.1) is 6.92 Å². The van der Waals surface area contributed by atoms with Crippen molar-refractivity contribution in [1.82, 2.24) is 9.99 Å². The van der Waals surface area contributed by atoms with Gasteiger partial charge in [-0.2, -0.15) is 5.10 Å². The van der Waals surface area contributed by atoms with E-state index in [2.05, 4.69) is 27.2 Å². The summed E-state index contributed by atoms with van der Waals surface area (Å²) in [6, 6.07) is 15.6. The van der Waals surface area contributed by atoms with Crippen molar-refractivity contribution in [3.05, 3.63) is 65.4 Å². The lowest BCUT2D eigenvalue weighted by molar-refractivity contribution is 0.0955. The molecule has 0 fully saturated rings. The molecule has 1 N–H and O–H groups in total. The maximum atomic E-state index is 12.3. The van der Waals surface area contributed by atoms with Gasteiger partial charge in [-0.05, 0) is 31.2 Å². The SMILES string of the molecule is Cc1c(C=NNC(=O)c2cccc(N(C)C)c2)c2ccccc2n1C. The van der Waals surface area contributed by atoms with Crippen molar-refractivity contribution in [3.8, 4) is 0 Å². The zero-order valence-corrected chi connectivity index (χ0v) is 14.9. The Morgan fingerprint density at radius 1 is 1.16 bits per heavy atom. The first-order valence-electron chi connectivity index (χ1n) is 8.14. The average molecular weight is 334 g/mol. The van der Waals surface area contributed by atoms with Crippen LogP contribution in [0.3, 0.4) is 0 Å². The summed E-state index contributed by atoms with van der Waals surface area (Å²) in [4.78, 5) is 14.3. The van der Waals surface area contributed by atoms with Crippen LogP contribution >= 0.6 is 0 Å². The molecule has 0 atom stereocenters. The zero-order chi connectivity index (χ0) is 18.0. The van der Waals surface area contributed by atoms with Crippen molar-refractivity contribution in [2.45, 2.75) is 6.92 Å². The van der Waals surface area contributed by atoms with Crippen LogP contribution in [0.5, 0.6) is 0 Å². The second-order valence-electron chi connectivity index (χ2n) is 6.22. The molecule has 5 nitrogen and oxygen atoms in total. The van der Waals surface area contributed by atoms with Crippen molar-refractivity contribution >= 4 is 28.7 Å². The number of aromatic nitrogens is 1. The second-order valence-corrected chi connectivity index (χ2v) is 6.22. The Labute approximate surface area is 147 Å². The number of fused-ring (bicyclic) bond motifs is 1. The highest BCUT2D eigenvalue weighted by Gasteiger charge is 2.10. The maximum Gasteiger partial charge on any atom is 0.271 e. The first-order valence-corrected chi connectivity index (χ1v) is 8.14. The maximum absolute atomic E-state index is 12.3. The summed E-state index contributed by atoms with van der Waals surface area (Å²) in [5.74, 6) is -0.224. The molecule has 128 valence electrons. The van der Waals surface area contributed by atoms with Gasteiger partial charge in [0.1, 0.15) is 0 Å². The zero-order valence-electron chi connectivity index (χ0n) is 14.9. The van der Waals surface area contributed by atoms with Crippen LogP contribution in [0.1, 0.15) is 21.6 Å². The van der Waals surface area contributed by atoms with Gasteiger partial charge < -0.3 is 9.47 Å². The summed E-state index contributed by atoms with van der Waals surface area (Å²) in [5, 5.41) is 5.29. The van der Waals surface area contributed by atoms with Crippen LogP contribution in [-0.4, -0.2) is 30.8 Å². The average Bonchev–Trinajstić information content (AvgIpc) is 2.87. The quantitative estimate of drug-likeness (QED) is 0.588. The molecule has 0 saturated carbocycles. The number of carbonyl (C=O) groups is 1. The fourth-order valence-corrected chi connectivity index (χ4v) is 2.86. The third-order valence-corrected chi connectivity index (χ3v) is 4.43. The molecule has 1 heterocycles. The summed E-state index contributed by atoms with van der Waals surface area (Å²) in [6.07, 6.45) is 1.71. The molecule has 25 heavy (non-hydrogen) atoms. The lowest BCUT2D eigenvalue weighted by Gasteiger charge is -2.12. The third-order valence-electron chi connectivity index (χ3n) is 4.43. The van der Waals surface area contributed by atoms with Crippen molar-refractivity contribution in [1.29, 1.82) is 0 Å². The third kappa shape index (κ3) is 3.26. The van der Waals surface area contributed by atoms with Crippen molar-refractivity contribution in [2.24, 2.45) is 12.1 Å². The Morgan fingerprint density at radius 3 is 2.68 bits per heavy atom. The van der Waals surface area contributed by atoms with Gasteiger partial charge in [-0.3, -0.25) is 4.79 Å². The number of hydrogen-bond acceptors (Lipinski definition) is 3. The number of nitrogens with zero attached hydrogens (tertiary/aromatic N) is 3. The predicted molar refractivity (Wildman–Crippen MR) is 103 cm³/mol. The van der Waals surface area contributed by atoms with Gasteiger partial charge in [-0.25, -0.2) is 5.43 Å². The Morgan fingerprint density at radius 2 is 1.92 bits per heavy atom. The van der Waals surface area contributed by atoms with Crippen LogP contribution in [-0.2, 0) is 7.05 Å². The molecule has 0 bridgehead atoms. The summed E-state index contributed by atoms with van der Waals surface area (Å²) < 4.78 is 2.12. The van der Waals surface area contributed by atoms with E-state index in [4.69, 9.17) is 0 Å². The number of aryl methyl sites for hydroxylation is 1. The number of para-hydroxylation sites is 1. The van der Waals surface area contributed by atoms with E-state index in [9.17, 15) is 4.79 Å². The molecule has 0 saturated heterocycles. The van der Waals surface area contributed by atoms with Crippen molar-refractivity contribution in [2.75, 3.05) is 19.0 Å². The Balaban J connectivity index is 1.81. The van der Waals surface area contributed by atoms with E-state index < -0.39 is 0 Å². The molecule has 0 spiro atoms. The highest BCUT2D eigenvalue weighted by molar-refractivity contribution is 6.02. The molecule has 1 amide bonds. The summed E-state index contributed by atoms with van der Waals surface area (Å²) >= 11 is 0. The van der Waals surface area contributed by atoms with Crippen LogP contribution < -0.4 is 10.3 Å². The standard InChI is InChI=1S/C20H22N4O/c1-14-18(17-10-5-6-11-19(17)24(14)4)13-21-22-20(25)15-8-7-9-16(12-15)23(2)3/h5-13H,1-4H3,(H,22,25). The highest BCUT2D eigenvalue weighted by Crippen LogP contribution is 2.23. The normalized spacial score (nSPS) is 11.2. The van der Waals surface area contributed by atoms with E-state index in [0.29, 0.717) is 5.56 Å². The number of benzene rings is 2. The topological polar surface area (TPSA) is 49.6 Å². The number of amides is 1. The molecule has 2 aromatic carbocycles. The Bertz CT molecular complexity index is 953. The van der Waals surface area contributed by atoms with Gasteiger partial charge in [0.25, 0.3) is 5.91 Å². The first-order chi connectivity index (χ1) is 12.0. The second kappa shape index (κ2) is 6.81. The van der Waals surface area contributed by atoms with E-state index in [1.807, 2.05) is 63.3 Å². The van der Waals surface area contributed by atoms with Crippen LogP contribution in [0.4, 0.5) is 5.69 Å². The molecule has 0 aliphatic carbocycles. The lowest BCUT2D eigenvalue weighted by atomic mass is 10.1. The Kier molecular flexibility index (Phi) is 4.57. The number of carbonyl (C=O) groups excluding carboxylic acids is 1. The molecule has 0 radical (unpaired) electrons. The molecule has 3 aromatic rings. The molecule has 1 aromatic heterocycles. The number of hydrogen-bond donors (Lipinski definition) is 1. The van der Waals surface area contributed by atoms with Gasteiger partial charge in [0.2, 0.25) is 0 Å². The molecule has 0 unspecified atom stereocenters. The number of hydrazone groups is 1. The van der Waals surface area contributed by atoms with Gasteiger partial charge in [0.05, 0.1) is 6.21 Å². The highest BCUT2D eigenvalue weighted by atomic mass is 16.2. The largest absolute Gasteiger partial charge is 0.378 e. The minimum Gasteiger partial charge on any atom is -0.378 e. The number of rotatable bonds is 4. The monoisotopic (exact) mass is 334 g/mol. The van der Waals surface area contributed by atoms with Gasteiger partial charge in [-0.1, -0.05) is 24.3 Å². The van der Waals surface area contributed by atoms with E-state index in [0.717, 1.165) is 27.8 Å². The molecule has 3 rings (SSSR count). The van der Waals surface area contributed by atoms with Gasteiger partial charge in [0.15, 0.2) is 0 Å². The lowest BCUT2D eigenvalue weighted by Crippen LogP contribution is -2.18. The first kappa shape index (κ1) is 16.8. The Hall–Kier alpha value is -3.08. The van der Waals surface area contributed by atoms with E-state index in [-0.39, 0.29) is 5.91 Å². The molecule has 0 aliphatic rings. The summed E-state index contributed by atoms with van der Waals surface area (Å²) in [5.41, 5.74) is 7.44.